The van der Waals surface area contributed by atoms with Crippen LogP contribution < -0.4 is 5.32 Å². The Morgan fingerprint density at radius 1 is 1.04 bits per heavy atom. The van der Waals surface area contributed by atoms with E-state index in [0.29, 0.717) is 23.9 Å². The highest BCUT2D eigenvalue weighted by Crippen LogP contribution is 2.29. The Morgan fingerprint density at radius 3 is 2.29 bits per heavy atom. The Balaban J connectivity index is 1.51. The lowest BCUT2D eigenvalue weighted by Crippen LogP contribution is -2.38. The van der Waals surface area contributed by atoms with Gasteiger partial charge in [0.05, 0.1) is 4.90 Å². The zero-order chi connectivity index (χ0) is 17.0. The Labute approximate surface area is 146 Å². The summed E-state index contributed by atoms with van der Waals surface area (Å²) in [6, 6.07) is 7.25. The number of aryl methyl sites for hydroxylation is 1. The number of nitrogens with zero attached hydrogens (tertiary/aromatic N) is 1. The van der Waals surface area contributed by atoms with Crippen LogP contribution in [0.25, 0.3) is 0 Å². The standard InChI is InChI=1S/C19H30N2O2S/c1-16-3-2-4-19(15-16)24(22,23)21-13-9-18(10-14-21)6-5-17-7-11-20-12-8-17/h2-4,15,17-18,20H,5-14H2,1H3. The summed E-state index contributed by atoms with van der Waals surface area (Å²) in [5, 5.41) is 3.42. The molecule has 0 aliphatic carbocycles. The number of hydrogen-bond acceptors (Lipinski definition) is 3. The van der Waals surface area contributed by atoms with E-state index in [1.165, 1.54) is 25.7 Å². The van der Waals surface area contributed by atoms with Gasteiger partial charge in [-0.2, -0.15) is 4.31 Å². The number of sulfonamides is 1. The second-order valence-corrected chi connectivity index (χ2v) is 9.37. The van der Waals surface area contributed by atoms with Crippen molar-refractivity contribution in [2.45, 2.75) is 50.3 Å². The first kappa shape index (κ1) is 17.9. The molecule has 2 aliphatic heterocycles. The van der Waals surface area contributed by atoms with Crippen molar-refractivity contribution in [3.05, 3.63) is 29.8 Å². The average Bonchev–Trinajstić information content (AvgIpc) is 2.61. The maximum atomic E-state index is 12.8. The Bertz CT molecular complexity index is 631. The first-order chi connectivity index (χ1) is 11.6. The molecule has 1 aromatic rings. The fourth-order valence-corrected chi connectivity index (χ4v) is 5.58. The van der Waals surface area contributed by atoms with Crippen LogP contribution >= 0.6 is 0 Å². The lowest BCUT2D eigenvalue weighted by Gasteiger charge is -2.32. The SMILES string of the molecule is Cc1cccc(S(=O)(=O)N2CCC(CCC3CCNCC3)CC2)c1. The van der Waals surface area contributed by atoms with Crippen molar-refractivity contribution in [1.82, 2.24) is 9.62 Å². The largest absolute Gasteiger partial charge is 0.317 e. The summed E-state index contributed by atoms with van der Waals surface area (Å²) in [4.78, 5) is 0.440. The minimum atomic E-state index is -3.32. The average molecular weight is 351 g/mol. The molecule has 2 heterocycles. The van der Waals surface area contributed by atoms with E-state index in [0.717, 1.165) is 37.4 Å². The normalized spacial score (nSPS) is 21.9. The van der Waals surface area contributed by atoms with Crippen LogP contribution in [0.2, 0.25) is 0 Å². The summed E-state index contributed by atoms with van der Waals surface area (Å²) >= 11 is 0. The molecule has 0 atom stereocenters. The fraction of sp³-hybridized carbons (Fsp3) is 0.684. The van der Waals surface area contributed by atoms with Gasteiger partial charge in [-0.05, 0) is 75.2 Å². The van der Waals surface area contributed by atoms with Crippen molar-refractivity contribution in [3.8, 4) is 0 Å². The van der Waals surface area contributed by atoms with Gasteiger partial charge in [-0.25, -0.2) is 8.42 Å². The number of hydrogen-bond donors (Lipinski definition) is 1. The molecule has 3 rings (SSSR count). The minimum absolute atomic E-state index is 0.440. The summed E-state index contributed by atoms with van der Waals surface area (Å²) < 4.78 is 27.2. The summed E-state index contributed by atoms with van der Waals surface area (Å²) in [5.74, 6) is 1.57. The predicted molar refractivity (Wildman–Crippen MR) is 97.5 cm³/mol. The minimum Gasteiger partial charge on any atom is -0.317 e. The molecule has 1 aromatic carbocycles. The molecule has 2 saturated heterocycles. The number of benzene rings is 1. The summed E-state index contributed by atoms with van der Waals surface area (Å²) in [7, 11) is -3.32. The number of piperidine rings is 2. The van der Waals surface area contributed by atoms with Crippen LogP contribution in [0.1, 0.15) is 44.1 Å². The van der Waals surface area contributed by atoms with E-state index in [1.54, 1.807) is 16.4 Å². The fourth-order valence-electron chi connectivity index (χ4n) is 4.00. The van der Waals surface area contributed by atoms with Crippen LogP contribution in [0.3, 0.4) is 0 Å². The zero-order valence-corrected chi connectivity index (χ0v) is 15.5. The molecule has 2 aliphatic rings. The van der Waals surface area contributed by atoms with Crippen molar-refractivity contribution < 1.29 is 8.42 Å². The van der Waals surface area contributed by atoms with Crippen LogP contribution in [0.15, 0.2) is 29.2 Å². The van der Waals surface area contributed by atoms with Gasteiger partial charge in [0.2, 0.25) is 10.0 Å². The molecule has 0 amide bonds. The third-order valence-corrected chi connectivity index (χ3v) is 7.54. The van der Waals surface area contributed by atoms with Crippen molar-refractivity contribution in [2.24, 2.45) is 11.8 Å². The first-order valence-electron chi connectivity index (χ1n) is 9.33. The van der Waals surface area contributed by atoms with Crippen molar-refractivity contribution >= 4 is 10.0 Å². The molecule has 24 heavy (non-hydrogen) atoms. The second-order valence-electron chi connectivity index (χ2n) is 7.43. The van der Waals surface area contributed by atoms with E-state index < -0.39 is 10.0 Å². The maximum absolute atomic E-state index is 12.8. The highest BCUT2D eigenvalue weighted by molar-refractivity contribution is 7.89. The quantitative estimate of drug-likeness (QED) is 0.887. The molecule has 0 radical (unpaired) electrons. The van der Waals surface area contributed by atoms with Gasteiger partial charge < -0.3 is 5.32 Å². The monoisotopic (exact) mass is 350 g/mol. The van der Waals surface area contributed by atoms with Crippen LogP contribution in [0.5, 0.6) is 0 Å². The van der Waals surface area contributed by atoms with Gasteiger partial charge in [-0.1, -0.05) is 25.0 Å². The highest BCUT2D eigenvalue weighted by atomic mass is 32.2. The first-order valence-corrected chi connectivity index (χ1v) is 10.8. The van der Waals surface area contributed by atoms with Gasteiger partial charge in [0.1, 0.15) is 0 Å². The molecule has 0 unspecified atom stereocenters. The van der Waals surface area contributed by atoms with Gasteiger partial charge in [-0.15, -0.1) is 0 Å². The topological polar surface area (TPSA) is 49.4 Å². The number of rotatable bonds is 5. The van der Waals surface area contributed by atoms with E-state index in [2.05, 4.69) is 5.32 Å². The summed E-state index contributed by atoms with van der Waals surface area (Å²) in [5.41, 5.74) is 0.993. The van der Waals surface area contributed by atoms with Gasteiger partial charge in [0, 0.05) is 13.1 Å². The van der Waals surface area contributed by atoms with Crippen molar-refractivity contribution in [3.63, 3.8) is 0 Å². The van der Waals surface area contributed by atoms with Gasteiger partial charge in [0.25, 0.3) is 0 Å². The van der Waals surface area contributed by atoms with Gasteiger partial charge in [-0.3, -0.25) is 0 Å². The maximum Gasteiger partial charge on any atom is 0.243 e. The van der Waals surface area contributed by atoms with E-state index in [1.807, 2.05) is 19.1 Å². The molecule has 0 bridgehead atoms. The lowest BCUT2D eigenvalue weighted by molar-refractivity contribution is 0.239. The molecule has 1 N–H and O–H groups in total. The third kappa shape index (κ3) is 4.38. The van der Waals surface area contributed by atoms with E-state index >= 15 is 0 Å². The zero-order valence-electron chi connectivity index (χ0n) is 14.7. The van der Waals surface area contributed by atoms with E-state index in [4.69, 9.17) is 0 Å². The Morgan fingerprint density at radius 2 is 1.67 bits per heavy atom. The second kappa shape index (κ2) is 7.98. The van der Waals surface area contributed by atoms with E-state index in [-0.39, 0.29) is 0 Å². The highest BCUT2D eigenvalue weighted by Gasteiger charge is 2.29. The van der Waals surface area contributed by atoms with Gasteiger partial charge >= 0.3 is 0 Å². The molecule has 4 nitrogen and oxygen atoms in total. The van der Waals surface area contributed by atoms with Crippen molar-refractivity contribution in [1.29, 1.82) is 0 Å². The van der Waals surface area contributed by atoms with Crippen LogP contribution in [0, 0.1) is 18.8 Å². The summed E-state index contributed by atoms with van der Waals surface area (Å²) in [6.45, 7) is 5.61. The molecule has 0 aromatic heterocycles. The molecule has 2 fully saturated rings. The molecule has 0 saturated carbocycles. The smallest absolute Gasteiger partial charge is 0.243 e. The Kier molecular flexibility index (Phi) is 5.95. The molecule has 134 valence electrons. The molecular weight excluding hydrogens is 320 g/mol. The van der Waals surface area contributed by atoms with Crippen LogP contribution in [-0.4, -0.2) is 38.9 Å². The van der Waals surface area contributed by atoms with Crippen molar-refractivity contribution in [2.75, 3.05) is 26.2 Å². The number of nitrogens with one attached hydrogen (secondary N) is 1. The molecular formula is C19H30N2O2S. The third-order valence-electron chi connectivity index (χ3n) is 5.64. The predicted octanol–water partition coefficient (Wildman–Crippen LogP) is 3.18. The molecule has 0 spiro atoms. The van der Waals surface area contributed by atoms with Crippen LogP contribution in [0.4, 0.5) is 0 Å². The summed E-state index contributed by atoms with van der Waals surface area (Å²) in [6.07, 6.45) is 7.22. The van der Waals surface area contributed by atoms with Gasteiger partial charge in [0.15, 0.2) is 0 Å². The van der Waals surface area contributed by atoms with Crippen LogP contribution in [-0.2, 0) is 10.0 Å². The Hall–Kier alpha value is -0.910. The van der Waals surface area contributed by atoms with E-state index in [9.17, 15) is 8.42 Å². The molecule has 5 heteroatoms. The lowest BCUT2D eigenvalue weighted by atomic mass is 9.86.